The fourth-order valence-electron chi connectivity index (χ4n) is 2.78. The van der Waals surface area contributed by atoms with Crippen LogP contribution in [0, 0.1) is 18.7 Å². The highest BCUT2D eigenvalue weighted by atomic mass is 19.1. The lowest BCUT2D eigenvalue weighted by atomic mass is 9.89. The zero-order valence-corrected chi connectivity index (χ0v) is 12.5. The molecule has 4 nitrogen and oxygen atoms in total. The van der Waals surface area contributed by atoms with Crippen molar-refractivity contribution in [3.05, 3.63) is 53.6 Å². The fourth-order valence-corrected chi connectivity index (χ4v) is 2.78. The van der Waals surface area contributed by atoms with E-state index in [1.807, 2.05) is 13.0 Å². The van der Waals surface area contributed by atoms with Crippen LogP contribution < -0.4 is 4.90 Å². The van der Waals surface area contributed by atoms with Crippen molar-refractivity contribution >= 4 is 11.7 Å². The summed E-state index contributed by atoms with van der Waals surface area (Å²) in [5.74, 6) is 0.506. The molecule has 22 heavy (non-hydrogen) atoms. The molecule has 0 saturated carbocycles. The number of ketones is 1. The molecule has 3 rings (SSSR count). The lowest BCUT2D eigenvalue weighted by molar-refractivity contribution is 0.0900. The second-order valence-electron chi connectivity index (χ2n) is 5.63. The molecule has 5 heteroatoms. The minimum Gasteiger partial charge on any atom is -0.341 e. The van der Waals surface area contributed by atoms with E-state index in [2.05, 4.69) is 14.9 Å². The molecule has 1 aliphatic heterocycles. The summed E-state index contributed by atoms with van der Waals surface area (Å²) in [6, 6.07) is 7.67. The van der Waals surface area contributed by atoms with Gasteiger partial charge in [-0.1, -0.05) is 0 Å². The number of halogens is 1. The van der Waals surface area contributed by atoms with Gasteiger partial charge >= 0.3 is 0 Å². The zero-order valence-electron chi connectivity index (χ0n) is 12.5. The molecule has 2 aromatic rings. The Morgan fingerprint density at radius 1 is 1.18 bits per heavy atom. The van der Waals surface area contributed by atoms with E-state index in [-0.39, 0.29) is 17.5 Å². The fraction of sp³-hybridized carbons (Fsp3) is 0.353. The second-order valence-corrected chi connectivity index (χ2v) is 5.63. The quantitative estimate of drug-likeness (QED) is 0.817. The van der Waals surface area contributed by atoms with Crippen LogP contribution >= 0.6 is 0 Å². The van der Waals surface area contributed by atoms with Gasteiger partial charge in [0, 0.05) is 36.5 Å². The Hall–Kier alpha value is -2.30. The number of carbonyl (C=O) groups is 1. The average molecular weight is 299 g/mol. The monoisotopic (exact) mass is 299 g/mol. The van der Waals surface area contributed by atoms with Gasteiger partial charge in [-0.05, 0) is 50.1 Å². The summed E-state index contributed by atoms with van der Waals surface area (Å²) in [5, 5.41) is 0. The minimum atomic E-state index is -0.317. The minimum absolute atomic E-state index is 0.00785. The third-order valence-corrected chi connectivity index (χ3v) is 4.06. The van der Waals surface area contributed by atoms with Crippen LogP contribution in [0.15, 0.2) is 36.5 Å². The summed E-state index contributed by atoms with van der Waals surface area (Å²) in [6.45, 7) is 3.47. The largest absolute Gasteiger partial charge is 0.341 e. The van der Waals surface area contributed by atoms with Gasteiger partial charge in [-0.15, -0.1) is 0 Å². The predicted molar refractivity (Wildman–Crippen MR) is 82.4 cm³/mol. The third-order valence-electron chi connectivity index (χ3n) is 4.06. The maximum atomic E-state index is 12.9. The number of anilines is 1. The summed E-state index contributed by atoms with van der Waals surface area (Å²) in [7, 11) is 0. The number of carbonyl (C=O) groups excluding carboxylic acids is 1. The van der Waals surface area contributed by atoms with E-state index in [9.17, 15) is 9.18 Å². The van der Waals surface area contributed by atoms with Gasteiger partial charge in [0.25, 0.3) is 0 Å². The Labute approximate surface area is 129 Å². The smallest absolute Gasteiger partial charge is 0.225 e. The van der Waals surface area contributed by atoms with Crippen LogP contribution in [0.3, 0.4) is 0 Å². The standard InChI is InChI=1S/C17H18FN3O/c1-12-6-9-19-17(20-12)21-10-7-14(8-11-21)16(22)13-2-4-15(18)5-3-13/h2-6,9,14H,7-8,10-11H2,1H3. The number of aromatic nitrogens is 2. The van der Waals surface area contributed by atoms with E-state index in [4.69, 9.17) is 0 Å². The van der Waals surface area contributed by atoms with Crippen LogP contribution in [0.4, 0.5) is 10.3 Å². The molecular formula is C17H18FN3O. The summed E-state index contributed by atoms with van der Waals surface area (Å²) in [5.41, 5.74) is 1.53. The summed E-state index contributed by atoms with van der Waals surface area (Å²) in [6.07, 6.45) is 3.30. The molecule has 2 heterocycles. The number of rotatable bonds is 3. The van der Waals surface area contributed by atoms with Gasteiger partial charge in [-0.25, -0.2) is 14.4 Å². The highest BCUT2D eigenvalue weighted by Crippen LogP contribution is 2.24. The van der Waals surface area contributed by atoms with Gasteiger partial charge in [-0.2, -0.15) is 0 Å². The van der Waals surface area contributed by atoms with E-state index < -0.39 is 0 Å². The van der Waals surface area contributed by atoms with Crippen LogP contribution in [0.25, 0.3) is 0 Å². The molecule has 1 saturated heterocycles. The van der Waals surface area contributed by atoms with Crippen LogP contribution in [-0.2, 0) is 0 Å². The first-order chi connectivity index (χ1) is 10.6. The maximum Gasteiger partial charge on any atom is 0.225 e. The molecule has 1 fully saturated rings. The number of hydrogen-bond donors (Lipinski definition) is 0. The molecule has 1 aromatic carbocycles. The maximum absolute atomic E-state index is 12.9. The lowest BCUT2D eigenvalue weighted by Crippen LogP contribution is -2.37. The van der Waals surface area contributed by atoms with Crippen molar-refractivity contribution in [1.82, 2.24) is 9.97 Å². The number of Topliss-reactive ketones (excluding diaryl/α,β-unsaturated/α-hetero) is 1. The van der Waals surface area contributed by atoms with Crippen LogP contribution in [0.5, 0.6) is 0 Å². The van der Waals surface area contributed by atoms with Gasteiger partial charge in [0.2, 0.25) is 5.95 Å². The van der Waals surface area contributed by atoms with Gasteiger partial charge < -0.3 is 4.90 Å². The van der Waals surface area contributed by atoms with Gasteiger partial charge in [-0.3, -0.25) is 4.79 Å². The first kappa shape index (κ1) is 14.6. The Bertz CT molecular complexity index is 664. The van der Waals surface area contributed by atoms with Crippen LogP contribution in [-0.4, -0.2) is 28.8 Å². The molecule has 0 spiro atoms. The zero-order chi connectivity index (χ0) is 15.5. The van der Waals surface area contributed by atoms with Crippen molar-refractivity contribution in [2.24, 2.45) is 5.92 Å². The number of hydrogen-bond acceptors (Lipinski definition) is 4. The van der Waals surface area contributed by atoms with Crippen molar-refractivity contribution < 1.29 is 9.18 Å². The number of aryl methyl sites for hydroxylation is 1. The Kier molecular flexibility index (Phi) is 4.13. The average Bonchev–Trinajstić information content (AvgIpc) is 2.55. The Balaban J connectivity index is 1.64. The first-order valence-corrected chi connectivity index (χ1v) is 7.48. The number of benzene rings is 1. The predicted octanol–water partition coefficient (Wildman–Crippen LogP) is 3.02. The molecule has 0 amide bonds. The normalized spacial score (nSPS) is 15.8. The molecule has 114 valence electrons. The molecular weight excluding hydrogens is 281 g/mol. The molecule has 0 radical (unpaired) electrons. The van der Waals surface area contributed by atoms with E-state index in [0.29, 0.717) is 5.56 Å². The molecule has 1 aromatic heterocycles. The molecule has 0 N–H and O–H groups in total. The highest BCUT2D eigenvalue weighted by Gasteiger charge is 2.26. The van der Waals surface area contributed by atoms with Crippen molar-refractivity contribution in [1.29, 1.82) is 0 Å². The number of nitrogens with zero attached hydrogens (tertiary/aromatic N) is 3. The van der Waals surface area contributed by atoms with Crippen LogP contribution in [0.2, 0.25) is 0 Å². The SMILES string of the molecule is Cc1ccnc(N2CCC(C(=O)c3ccc(F)cc3)CC2)n1. The van der Waals surface area contributed by atoms with Gasteiger partial charge in [0.1, 0.15) is 5.82 Å². The van der Waals surface area contributed by atoms with E-state index in [1.165, 1.54) is 12.1 Å². The van der Waals surface area contributed by atoms with Gasteiger partial charge in [0.15, 0.2) is 5.78 Å². The number of piperidine rings is 1. The third kappa shape index (κ3) is 3.13. The topological polar surface area (TPSA) is 46.1 Å². The second kappa shape index (κ2) is 6.22. The van der Waals surface area contributed by atoms with Crippen molar-refractivity contribution in [2.45, 2.75) is 19.8 Å². The first-order valence-electron chi connectivity index (χ1n) is 7.48. The van der Waals surface area contributed by atoms with Crippen LogP contribution in [0.1, 0.15) is 28.9 Å². The van der Waals surface area contributed by atoms with Crippen molar-refractivity contribution in [2.75, 3.05) is 18.0 Å². The van der Waals surface area contributed by atoms with E-state index in [1.54, 1.807) is 18.3 Å². The lowest BCUT2D eigenvalue weighted by Gasteiger charge is -2.31. The van der Waals surface area contributed by atoms with E-state index >= 15 is 0 Å². The van der Waals surface area contributed by atoms with Crippen molar-refractivity contribution in [3.8, 4) is 0 Å². The Morgan fingerprint density at radius 2 is 1.86 bits per heavy atom. The molecule has 0 aliphatic carbocycles. The Morgan fingerprint density at radius 3 is 2.50 bits per heavy atom. The molecule has 0 atom stereocenters. The molecule has 0 bridgehead atoms. The van der Waals surface area contributed by atoms with Gasteiger partial charge in [0.05, 0.1) is 0 Å². The van der Waals surface area contributed by atoms with Crippen molar-refractivity contribution in [3.63, 3.8) is 0 Å². The summed E-state index contributed by atoms with van der Waals surface area (Å²) >= 11 is 0. The highest BCUT2D eigenvalue weighted by molar-refractivity contribution is 5.97. The summed E-state index contributed by atoms with van der Waals surface area (Å²) < 4.78 is 12.9. The van der Waals surface area contributed by atoms with E-state index in [0.717, 1.165) is 37.6 Å². The molecule has 1 aliphatic rings. The summed E-state index contributed by atoms with van der Waals surface area (Å²) in [4.78, 5) is 23.3. The molecule has 0 unspecified atom stereocenters.